The van der Waals surface area contributed by atoms with Crippen LogP contribution in [-0.2, 0) is 16.1 Å². The van der Waals surface area contributed by atoms with E-state index < -0.39 is 12.1 Å². The van der Waals surface area contributed by atoms with Gasteiger partial charge in [0.25, 0.3) is 0 Å². The van der Waals surface area contributed by atoms with Crippen LogP contribution in [0.2, 0.25) is 0 Å². The van der Waals surface area contributed by atoms with E-state index in [1.165, 1.54) is 9.80 Å². The monoisotopic (exact) mass is 450 g/mol. The van der Waals surface area contributed by atoms with Crippen LogP contribution in [0.5, 0.6) is 11.5 Å². The topological polar surface area (TPSA) is 100 Å². The lowest BCUT2D eigenvalue weighted by atomic mass is 9.93. The summed E-state index contributed by atoms with van der Waals surface area (Å²) >= 11 is 0. The first-order valence-electron chi connectivity index (χ1n) is 11.1. The van der Waals surface area contributed by atoms with E-state index in [1.807, 2.05) is 37.3 Å². The van der Waals surface area contributed by atoms with Crippen LogP contribution in [0.3, 0.4) is 0 Å². The summed E-state index contributed by atoms with van der Waals surface area (Å²) in [5, 5.41) is 6.11. The molecule has 2 aromatic carbocycles. The number of fused-ring (bicyclic) bond motifs is 2. The van der Waals surface area contributed by atoms with Crippen LogP contribution in [-0.4, -0.2) is 59.6 Å². The van der Waals surface area contributed by atoms with Crippen LogP contribution >= 0.6 is 0 Å². The number of benzene rings is 2. The van der Waals surface area contributed by atoms with Crippen molar-refractivity contribution in [1.82, 2.24) is 15.1 Å². The van der Waals surface area contributed by atoms with E-state index in [0.717, 1.165) is 17.5 Å². The minimum atomic E-state index is -0.530. The van der Waals surface area contributed by atoms with Gasteiger partial charge in [-0.25, -0.2) is 4.79 Å². The van der Waals surface area contributed by atoms with Crippen LogP contribution in [0, 0.1) is 6.92 Å². The summed E-state index contributed by atoms with van der Waals surface area (Å²) in [6.45, 7) is 2.76. The lowest BCUT2D eigenvalue weighted by molar-refractivity contribution is -0.138. The number of carbonyl (C=O) groups excluding carboxylic acids is 3. The molecule has 0 radical (unpaired) electrons. The molecule has 2 atom stereocenters. The maximum absolute atomic E-state index is 13.4. The predicted molar refractivity (Wildman–Crippen MR) is 120 cm³/mol. The summed E-state index contributed by atoms with van der Waals surface area (Å²) in [5.41, 5.74) is 2.45. The quantitative estimate of drug-likeness (QED) is 0.725. The van der Waals surface area contributed by atoms with E-state index in [4.69, 9.17) is 9.47 Å². The Balaban J connectivity index is 1.36. The second kappa shape index (κ2) is 8.74. The lowest BCUT2D eigenvalue weighted by Gasteiger charge is -2.46. The number of imide groups is 1. The first-order chi connectivity index (χ1) is 16.0. The molecule has 33 heavy (non-hydrogen) atoms. The average molecular weight is 450 g/mol. The molecule has 0 spiro atoms. The van der Waals surface area contributed by atoms with E-state index in [9.17, 15) is 14.4 Å². The van der Waals surface area contributed by atoms with Gasteiger partial charge in [0, 0.05) is 5.69 Å². The van der Waals surface area contributed by atoms with Gasteiger partial charge in [-0.05, 0) is 61.7 Å². The second-order valence-corrected chi connectivity index (χ2v) is 8.58. The van der Waals surface area contributed by atoms with Crippen molar-refractivity contribution in [3.05, 3.63) is 53.6 Å². The molecule has 0 aromatic heterocycles. The Bertz CT molecular complexity index is 1100. The highest BCUT2D eigenvalue weighted by Crippen LogP contribution is 2.33. The molecule has 5 rings (SSSR count). The first kappa shape index (κ1) is 21.3. The highest BCUT2D eigenvalue weighted by atomic mass is 16.7. The van der Waals surface area contributed by atoms with Gasteiger partial charge in [-0.2, -0.15) is 0 Å². The molecule has 4 amide bonds. The number of aryl methyl sites for hydroxylation is 1. The zero-order chi connectivity index (χ0) is 22.9. The van der Waals surface area contributed by atoms with Gasteiger partial charge in [-0.15, -0.1) is 0 Å². The van der Waals surface area contributed by atoms with E-state index >= 15 is 0 Å². The van der Waals surface area contributed by atoms with E-state index in [0.29, 0.717) is 30.2 Å². The smallest absolute Gasteiger partial charge is 0.327 e. The van der Waals surface area contributed by atoms with Gasteiger partial charge in [0.1, 0.15) is 12.6 Å². The number of amides is 4. The molecule has 9 nitrogen and oxygen atoms in total. The number of nitrogens with one attached hydrogen (secondary N) is 2. The lowest BCUT2D eigenvalue weighted by Crippen LogP contribution is -2.70. The Hall–Kier alpha value is -3.59. The van der Waals surface area contributed by atoms with Crippen molar-refractivity contribution in [2.45, 2.75) is 38.4 Å². The maximum Gasteiger partial charge on any atom is 0.327 e. The van der Waals surface area contributed by atoms with Crippen molar-refractivity contribution in [2.24, 2.45) is 0 Å². The molecule has 2 aromatic rings. The SMILES string of the molecule is Cc1cccc(NC(=O)CN2C(=O)N(Cc3ccc4c(c3)OCO4)C(=O)C3NCCCC32)c1. The third-order valence-electron chi connectivity index (χ3n) is 6.23. The number of carbonyl (C=O) groups is 3. The van der Waals surface area contributed by atoms with Crippen LogP contribution in [0.4, 0.5) is 10.5 Å². The van der Waals surface area contributed by atoms with Crippen molar-refractivity contribution in [3.63, 3.8) is 0 Å². The minimum absolute atomic E-state index is 0.0925. The van der Waals surface area contributed by atoms with Gasteiger partial charge in [-0.3, -0.25) is 14.5 Å². The summed E-state index contributed by atoms with van der Waals surface area (Å²) in [5.74, 6) is 0.666. The molecule has 2 N–H and O–H groups in total. The molecule has 2 unspecified atom stereocenters. The molecule has 3 heterocycles. The van der Waals surface area contributed by atoms with Crippen molar-refractivity contribution < 1.29 is 23.9 Å². The van der Waals surface area contributed by atoms with Crippen molar-refractivity contribution in [1.29, 1.82) is 0 Å². The molecule has 2 saturated heterocycles. The van der Waals surface area contributed by atoms with Crippen LogP contribution in [0.25, 0.3) is 0 Å². The largest absolute Gasteiger partial charge is 0.454 e. The third kappa shape index (κ3) is 4.23. The van der Waals surface area contributed by atoms with Gasteiger partial charge in [-0.1, -0.05) is 18.2 Å². The molecule has 0 saturated carbocycles. The maximum atomic E-state index is 13.4. The molecule has 3 aliphatic heterocycles. The Morgan fingerprint density at radius 2 is 2.00 bits per heavy atom. The summed E-state index contributed by atoms with van der Waals surface area (Å²) in [6, 6.07) is 11.5. The number of piperidine rings is 1. The first-order valence-corrected chi connectivity index (χ1v) is 11.1. The van der Waals surface area contributed by atoms with E-state index in [1.54, 1.807) is 12.1 Å². The van der Waals surface area contributed by atoms with Crippen molar-refractivity contribution in [3.8, 4) is 11.5 Å². The van der Waals surface area contributed by atoms with E-state index in [-0.39, 0.29) is 37.7 Å². The summed E-state index contributed by atoms with van der Waals surface area (Å²) in [7, 11) is 0. The summed E-state index contributed by atoms with van der Waals surface area (Å²) in [4.78, 5) is 42.2. The van der Waals surface area contributed by atoms with Crippen LogP contribution in [0.1, 0.15) is 24.0 Å². The molecule has 9 heteroatoms. The van der Waals surface area contributed by atoms with Gasteiger partial charge in [0.2, 0.25) is 18.6 Å². The summed E-state index contributed by atoms with van der Waals surface area (Å²) < 4.78 is 10.8. The van der Waals surface area contributed by atoms with Gasteiger partial charge < -0.3 is 25.0 Å². The number of urea groups is 1. The molecule has 0 aliphatic carbocycles. The molecule has 172 valence electrons. The Morgan fingerprint density at radius 1 is 1.15 bits per heavy atom. The van der Waals surface area contributed by atoms with Crippen molar-refractivity contribution in [2.75, 3.05) is 25.2 Å². The van der Waals surface area contributed by atoms with Crippen molar-refractivity contribution >= 4 is 23.5 Å². The number of hydrogen-bond acceptors (Lipinski definition) is 6. The zero-order valence-corrected chi connectivity index (χ0v) is 18.4. The molecule has 3 aliphatic rings. The number of nitrogens with zero attached hydrogens (tertiary/aromatic N) is 2. The predicted octanol–water partition coefficient (Wildman–Crippen LogP) is 2.25. The number of rotatable bonds is 5. The van der Waals surface area contributed by atoms with E-state index in [2.05, 4.69) is 10.6 Å². The van der Waals surface area contributed by atoms with Gasteiger partial charge >= 0.3 is 6.03 Å². The fraction of sp³-hybridized carbons (Fsp3) is 0.375. The third-order valence-corrected chi connectivity index (χ3v) is 6.23. The Labute approximate surface area is 191 Å². The molecular formula is C24H26N4O5. The number of hydrogen-bond donors (Lipinski definition) is 2. The van der Waals surface area contributed by atoms with Gasteiger partial charge in [0.15, 0.2) is 11.5 Å². The minimum Gasteiger partial charge on any atom is -0.454 e. The summed E-state index contributed by atoms with van der Waals surface area (Å²) in [6.07, 6.45) is 1.50. The second-order valence-electron chi connectivity index (χ2n) is 8.58. The number of ether oxygens (including phenoxy) is 2. The molecule has 0 bridgehead atoms. The fourth-order valence-electron chi connectivity index (χ4n) is 4.65. The Kier molecular flexibility index (Phi) is 5.63. The highest BCUT2D eigenvalue weighted by Gasteiger charge is 2.47. The molecular weight excluding hydrogens is 424 g/mol. The standard InChI is InChI=1S/C24H26N4O5/c1-15-4-2-5-17(10-15)26-21(29)13-27-18-6-3-9-25-22(18)23(30)28(24(27)31)12-16-7-8-19-20(11-16)33-14-32-19/h2,4-5,7-8,10-11,18,22,25H,3,6,9,12-14H2,1H3,(H,26,29). The zero-order valence-electron chi connectivity index (χ0n) is 18.4. The highest BCUT2D eigenvalue weighted by molar-refractivity contribution is 6.02. The molecule has 2 fully saturated rings. The van der Waals surface area contributed by atoms with Gasteiger partial charge in [0.05, 0.1) is 12.6 Å². The average Bonchev–Trinajstić information content (AvgIpc) is 3.27. The normalized spacial score (nSPS) is 21.7. The fourth-order valence-corrected chi connectivity index (χ4v) is 4.65. The Morgan fingerprint density at radius 3 is 2.85 bits per heavy atom. The van der Waals surface area contributed by atoms with Crippen LogP contribution in [0.15, 0.2) is 42.5 Å². The number of anilines is 1. The van der Waals surface area contributed by atoms with Crippen LogP contribution < -0.4 is 20.1 Å².